The van der Waals surface area contributed by atoms with Gasteiger partial charge in [-0.3, -0.25) is 0 Å². The average molecular weight is 283 g/mol. The van der Waals surface area contributed by atoms with Gasteiger partial charge in [-0.25, -0.2) is 13.6 Å². The van der Waals surface area contributed by atoms with Gasteiger partial charge in [0.15, 0.2) is 0 Å². The van der Waals surface area contributed by atoms with Crippen LogP contribution in [0.15, 0.2) is 22.9 Å². The van der Waals surface area contributed by atoms with Crippen LogP contribution in [0.5, 0.6) is 0 Å². The molecule has 0 fully saturated rings. The van der Waals surface area contributed by atoms with Crippen molar-refractivity contribution in [1.82, 2.24) is 0 Å². The molecule has 0 atom stereocenters. The summed E-state index contributed by atoms with van der Waals surface area (Å²) in [6, 6.07) is 1.60. The number of anilines is 1. The molecule has 2 rings (SSSR count). The van der Waals surface area contributed by atoms with Crippen LogP contribution in [0.1, 0.15) is 21.5 Å². The van der Waals surface area contributed by atoms with Crippen LogP contribution in [-0.4, -0.2) is 11.1 Å². The molecule has 0 radical (unpaired) electrons. The van der Waals surface area contributed by atoms with Gasteiger partial charge in [-0.1, -0.05) is 0 Å². The molecule has 0 spiro atoms. The van der Waals surface area contributed by atoms with Crippen LogP contribution in [0, 0.1) is 18.6 Å². The third kappa shape index (κ3) is 2.90. The lowest BCUT2D eigenvalue weighted by atomic mass is 10.1. The van der Waals surface area contributed by atoms with E-state index in [1.807, 2.05) is 17.7 Å². The second-order valence-corrected chi connectivity index (χ2v) is 4.80. The third-order valence-electron chi connectivity index (χ3n) is 2.71. The monoisotopic (exact) mass is 283 g/mol. The topological polar surface area (TPSA) is 49.3 Å². The van der Waals surface area contributed by atoms with E-state index in [2.05, 4.69) is 5.32 Å². The number of benzene rings is 1. The lowest BCUT2D eigenvalue weighted by Gasteiger charge is -2.09. The van der Waals surface area contributed by atoms with E-state index in [1.54, 1.807) is 0 Å². The zero-order valence-electron chi connectivity index (χ0n) is 10.0. The number of halogens is 2. The quantitative estimate of drug-likeness (QED) is 0.900. The molecule has 2 N–H and O–H groups in total. The lowest BCUT2D eigenvalue weighted by Crippen LogP contribution is -2.06. The normalized spacial score (nSPS) is 10.5. The van der Waals surface area contributed by atoms with E-state index >= 15 is 0 Å². The van der Waals surface area contributed by atoms with Crippen molar-refractivity contribution in [2.24, 2.45) is 0 Å². The van der Waals surface area contributed by atoms with Crippen LogP contribution in [0.25, 0.3) is 0 Å². The van der Waals surface area contributed by atoms with Crippen LogP contribution >= 0.6 is 11.3 Å². The summed E-state index contributed by atoms with van der Waals surface area (Å²) in [4.78, 5) is 10.7. The Morgan fingerprint density at radius 3 is 2.42 bits per heavy atom. The first-order valence-corrected chi connectivity index (χ1v) is 6.41. The molecular formula is C13H11F2NO2S. The Bertz CT molecular complexity index is 602. The number of hydrogen-bond donors (Lipinski definition) is 2. The zero-order valence-corrected chi connectivity index (χ0v) is 10.9. The molecule has 1 heterocycles. The number of carbonyl (C=O) groups is 1. The maximum Gasteiger partial charge on any atom is 0.335 e. The van der Waals surface area contributed by atoms with Gasteiger partial charge in [0.2, 0.25) is 0 Å². The summed E-state index contributed by atoms with van der Waals surface area (Å²) in [6.45, 7) is 2.20. The fourth-order valence-corrected chi connectivity index (χ4v) is 2.47. The molecule has 6 heteroatoms. The Balaban J connectivity index is 2.21. The zero-order chi connectivity index (χ0) is 14.0. The molecule has 1 aromatic carbocycles. The lowest BCUT2D eigenvalue weighted by molar-refractivity contribution is 0.0696. The molecule has 0 bridgehead atoms. The van der Waals surface area contributed by atoms with Crippen LogP contribution in [-0.2, 0) is 6.54 Å². The van der Waals surface area contributed by atoms with E-state index in [-0.39, 0.29) is 12.2 Å². The Morgan fingerprint density at radius 2 is 1.95 bits per heavy atom. The summed E-state index contributed by atoms with van der Waals surface area (Å²) >= 11 is 1.51. The highest BCUT2D eigenvalue weighted by Crippen LogP contribution is 2.23. The number of carboxylic acids is 1. The van der Waals surface area contributed by atoms with Crippen molar-refractivity contribution in [2.45, 2.75) is 13.5 Å². The van der Waals surface area contributed by atoms with Crippen LogP contribution in [0.4, 0.5) is 14.5 Å². The molecule has 2 aromatic rings. The minimum atomic E-state index is -1.36. The standard InChI is InChI=1S/C13H11F2NO2S/c1-7-5-19-6-9(7)4-16-12-10(14)2-8(13(17)18)3-11(12)15/h2-3,5-6,16H,4H2,1H3,(H,17,18). The molecule has 0 amide bonds. The number of aryl methyl sites for hydroxylation is 1. The number of hydrogen-bond acceptors (Lipinski definition) is 3. The van der Waals surface area contributed by atoms with Crippen molar-refractivity contribution in [2.75, 3.05) is 5.32 Å². The van der Waals surface area contributed by atoms with Crippen LogP contribution < -0.4 is 5.32 Å². The Labute approximate surface area is 112 Å². The van der Waals surface area contributed by atoms with Gasteiger partial charge in [0.25, 0.3) is 0 Å². The first-order chi connectivity index (χ1) is 8.99. The Morgan fingerprint density at radius 1 is 1.32 bits per heavy atom. The summed E-state index contributed by atoms with van der Waals surface area (Å²) in [5.74, 6) is -3.19. The third-order valence-corrected chi connectivity index (χ3v) is 3.62. The summed E-state index contributed by atoms with van der Waals surface area (Å²) < 4.78 is 27.3. The second kappa shape index (κ2) is 5.36. The number of thiophene rings is 1. The fourth-order valence-electron chi connectivity index (χ4n) is 1.62. The first-order valence-electron chi connectivity index (χ1n) is 5.47. The molecule has 0 saturated carbocycles. The van der Waals surface area contributed by atoms with Crippen molar-refractivity contribution >= 4 is 23.0 Å². The van der Waals surface area contributed by atoms with Gasteiger partial charge in [-0.15, -0.1) is 0 Å². The predicted molar refractivity (Wildman–Crippen MR) is 69.7 cm³/mol. The molecule has 0 unspecified atom stereocenters. The molecule has 1 aromatic heterocycles. The van der Waals surface area contributed by atoms with E-state index in [9.17, 15) is 13.6 Å². The molecule has 100 valence electrons. The van der Waals surface area contributed by atoms with Gasteiger partial charge in [-0.2, -0.15) is 11.3 Å². The minimum absolute atomic E-state index is 0.287. The number of rotatable bonds is 4. The van der Waals surface area contributed by atoms with Gasteiger partial charge < -0.3 is 10.4 Å². The number of aromatic carboxylic acids is 1. The molecule has 3 nitrogen and oxygen atoms in total. The summed E-state index contributed by atoms with van der Waals surface area (Å²) in [7, 11) is 0. The highest BCUT2D eigenvalue weighted by atomic mass is 32.1. The summed E-state index contributed by atoms with van der Waals surface area (Å²) in [5.41, 5.74) is 1.27. The highest BCUT2D eigenvalue weighted by Gasteiger charge is 2.14. The maximum atomic E-state index is 13.6. The smallest absolute Gasteiger partial charge is 0.335 e. The molecule has 0 saturated heterocycles. The van der Waals surface area contributed by atoms with Gasteiger partial charge >= 0.3 is 5.97 Å². The fraction of sp³-hybridized carbons (Fsp3) is 0.154. The van der Waals surface area contributed by atoms with E-state index in [0.29, 0.717) is 0 Å². The van der Waals surface area contributed by atoms with E-state index in [1.165, 1.54) is 11.3 Å². The predicted octanol–water partition coefficient (Wildman–Crippen LogP) is 3.65. The number of nitrogens with one attached hydrogen (secondary N) is 1. The van der Waals surface area contributed by atoms with Gasteiger partial charge in [-0.05, 0) is 40.9 Å². The molecule has 19 heavy (non-hydrogen) atoms. The van der Waals surface area contributed by atoms with Crippen molar-refractivity contribution in [1.29, 1.82) is 0 Å². The van der Waals surface area contributed by atoms with Gasteiger partial charge in [0, 0.05) is 6.54 Å². The van der Waals surface area contributed by atoms with Gasteiger partial charge in [0.1, 0.15) is 17.3 Å². The molecular weight excluding hydrogens is 272 g/mol. The van der Waals surface area contributed by atoms with Crippen LogP contribution in [0.3, 0.4) is 0 Å². The molecule has 0 aliphatic heterocycles. The Hall–Kier alpha value is -1.95. The second-order valence-electron chi connectivity index (χ2n) is 4.05. The van der Waals surface area contributed by atoms with Crippen LogP contribution in [0.2, 0.25) is 0 Å². The van der Waals surface area contributed by atoms with E-state index < -0.39 is 23.2 Å². The highest BCUT2D eigenvalue weighted by molar-refractivity contribution is 7.08. The van der Waals surface area contributed by atoms with Crippen molar-refractivity contribution in [3.05, 3.63) is 51.2 Å². The van der Waals surface area contributed by atoms with Gasteiger partial charge in [0.05, 0.1) is 5.56 Å². The average Bonchev–Trinajstić information content (AvgIpc) is 2.73. The first kappa shape index (κ1) is 13.5. The summed E-state index contributed by atoms with van der Waals surface area (Å²) in [6.07, 6.45) is 0. The van der Waals surface area contributed by atoms with E-state index in [0.717, 1.165) is 23.3 Å². The SMILES string of the molecule is Cc1cscc1CNc1c(F)cc(C(=O)O)cc1F. The van der Waals surface area contributed by atoms with Crippen molar-refractivity contribution in [3.8, 4) is 0 Å². The summed E-state index contributed by atoms with van der Waals surface area (Å²) in [5, 5.41) is 15.2. The largest absolute Gasteiger partial charge is 0.478 e. The molecule has 0 aliphatic carbocycles. The number of carboxylic acid groups (broad SMARTS) is 1. The minimum Gasteiger partial charge on any atom is -0.478 e. The van der Waals surface area contributed by atoms with E-state index in [4.69, 9.17) is 5.11 Å². The molecule has 0 aliphatic rings. The maximum absolute atomic E-state index is 13.6. The van der Waals surface area contributed by atoms with Crippen molar-refractivity contribution in [3.63, 3.8) is 0 Å². The van der Waals surface area contributed by atoms with Crippen molar-refractivity contribution < 1.29 is 18.7 Å². The Kier molecular flexibility index (Phi) is 3.80.